The smallest absolute Gasteiger partial charge is 0.357 e. The van der Waals surface area contributed by atoms with Crippen molar-refractivity contribution in [1.29, 1.82) is 0 Å². The van der Waals surface area contributed by atoms with Crippen LogP contribution in [0.4, 0.5) is 0 Å². The van der Waals surface area contributed by atoms with Crippen LogP contribution in [0.15, 0.2) is 5.38 Å². The Kier molecular flexibility index (Phi) is 6.43. The standard InChI is InChI=1S/C22H30N4O4S/c1-4-26-19-16(10-22(13-23-20(19)27)5-7-29-8-6-22)17(25-26)9-14(2)11-30-21(28)18-12-31-15(3)24-18/h12,14H,4-11,13H2,1-3H3,(H,23,27). The second kappa shape index (κ2) is 9.08. The largest absolute Gasteiger partial charge is 0.461 e. The Hall–Kier alpha value is -2.26. The van der Waals surface area contributed by atoms with Gasteiger partial charge in [0.15, 0.2) is 5.69 Å². The Morgan fingerprint density at radius 3 is 2.87 bits per heavy atom. The summed E-state index contributed by atoms with van der Waals surface area (Å²) < 4.78 is 12.9. The second-order valence-corrected chi connectivity index (χ2v) is 9.78. The quantitative estimate of drug-likeness (QED) is 0.686. The van der Waals surface area contributed by atoms with Crippen LogP contribution in [0.1, 0.15) is 63.9 Å². The number of ether oxygens (including phenoxy) is 2. The highest BCUT2D eigenvalue weighted by Gasteiger charge is 2.39. The van der Waals surface area contributed by atoms with Gasteiger partial charge >= 0.3 is 5.97 Å². The molecule has 1 unspecified atom stereocenters. The first kappa shape index (κ1) is 22.0. The van der Waals surface area contributed by atoms with Crippen LogP contribution in [0.25, 0.3) is 0 Å². The van der Waals surface area contributed by atoms with Crippen LogP contribution in [-0.2, 0) is 28.9 Å². The number of aromatic nitrogens is 3. The van der Waals surface area contributed by atoms with Crippen molar-refractivity contribution in [3.05, 3.63) is 33.0 Å². The number of nitrogens with zero attached hydrogens (tertiary/aromatic N) is 3. The number of rotatable bonds is 6. The molecule has 168 valence electrons. The van der Waals surface area contributed by atoms with Gasteiger partial charge in [0.1, 0.15) is 5.69 Å². The van der Waals surface area contributed by atoms with E-state index in [1.807, 2.05) is 25.5 Å². The van der Waals surface area contributed by atoms with Crippen molar-refractivity contribution < 1.29 is 19.1 Å². The number of carbonyl (C=O) groups is 2. The van der Waals surface area contributed by atoms with Crippen LogP contribution in [0.5, 0.6) is 0 Å². The second-order valence-electron chi connectivity index (χ2n) is 8.72. The minimum absolute atomic E-state index is 0.0215. The SMILES string of the molecule is CCn1nc(CC(C)COC(=O)c2csc(C)n2)c2c1C(=O)NCC1(CCOCC1)C2. The van der Waals surface area contributed by atoms with E-state index in [-0.39, 0.29) is 23.8 Å². The summed E-state index contributed by atoms with van der Waals surface area (Å²) in [6, 6.07) is 0. The van der Waals surface area contributed by atoms with Gasteiger partial charge in [-0.15, -0.1) is 11.3 Å². The predicted molar refractivity (Wildman–Crippen MR) is 116 cm³/mol. The van der Waals surface area contributed by atoms with Gasteiger partial charge in [0.05, 0.1) is 17.3 Å². The summed E-state index contributed by atoms with van der Waals surface area (Å²) in [6.07, 6.45) is 3.34. The molecule has 8 nitrogen and oxygen atoms in total. The minimum Gasteiger partial charge on any atom is -0.461 e. The fourth-order valence-corrected chi connectivity index (χ4v) is 5.05. The van der Waals surface area contributed by atoms with E-state index in [4.69, 9.17) is 14.6 Å². The molecule has 1 spiro atoms. The first-order valence-corrected chi connectivity index (χ1v) is 11.8. The summed E-state index contributed by atoms with van der Waals surface area (Å²) >= 11 is 1.43. The van der Waals surface area contributed by atoms with Gasteiger partial charge in [0.2, 0.25) is 0 Å². The van der Waals surface area contributed by atoms with Gasteiger partial charge in [-0.3, -0.25) is 9.48 Å². The van der Waals surface area contributed by atoms with E-state index in [0.29, 0.717) is 30.9 Å². The van der Waals surface area contributed by atoms with Crippen molar-refractivity contribution >= 4 is 23.2 Å². The molecule has 31 heavy (non-hydrogen) atoms. The summed E-state index contributed by atoms with van der Waals surface area (Å²) in [5.74, 6) is -0.364. The van der Waals surface area contributed by atoms with E-state index in [9.17, 15) is 9.59 Å². The maximum absolute atomic E-state index is 12.9. The zero-order valence-electron chi connectivity index (χ0n) is 18.4. The normalized spacial score (nSPS) is 18.9. The topological polar surface area (TPSA) is 95.3 Å². The number of amides is 1. The first-order chi connectivity index (χ1) is 14.9. The molecule has 1 saturated heterocycles. The lowest BCUT2D eigenvalue weighted by molar-refractivity contribution is 0.0160. The molecule has 1 atom stereocenters. The summed E-state index contributed by atoms with van der Waals surface area (Å²) in [5, 5.41) is 10.5. The molecule has 0 saturated carbocycles. The molecule has 9 heteroatoms. The Morgan fingerprint density at radius 1 is 1.42 bits per heavy atom. The minimum atomic E-state index is -0.394. The van der Waals surface area contributed by atoms with Crippen LogP contribution in [-0.4, -0.2) is 53.0 Å². The molecule has 1 fully saturated rings. The van der Waals surface area contributed by atoms with E-state index in [0.717, 1.165) is 48.7 Å². The van der Waals surface area contributed by atoms with Crippen LogP contribution < -0.4 is 5.32 Å². The van der Waals surface area contributed by atoms with Gasteiger partial charge < -0.3 is 14.8 Å². The highest BCUT2D eigenvalue weighted by atomic mass is 32.1. The van der Waals surface area contributed by atoms with Crippen molar-refractivity contribution in [3.63, 3.8) is 0 Å². The molecule has 2 aliphatic heterocycles. The van der Waals surface area contributed by atoms with Gasteiger partial charge in [-0.25, -0.2) is 9.78 Å². The number of hydrogen-bond donors (Lipinski definition) is 1. The molecule has 1 N–H and O–H groups in total. The van der Waals surface area contributed by atoms with Gasteiger partial charge in [0, 0.05) is 37.2 Å². The number of carbonyl (C=O) groups excluding carboxylic acids is 2. The number of hydrogen-bond acceptors (Lipinski definition) is 7. The fourth-order valence-electron chi connectivity index (χ4n) is 4.47. The maximum Gasteiger partial charge on any atom is 0.357 e. The Morgan fingerprint density at radius 2 is 2.19 bits per heavy atom. The summed E-state index contributed by atoms with van der Waals surface area (Å²) in [7, 11) is 0. The van der Waals surface area contributed by atoms with E-state index in [2.05, 4.69) is 10.3 Å². The molecule has 0 bridgehead atoms. The Balaban J connectivity index is 1.50. The fraction of sp³-hybridized carbons (Fsp3) is 0.636. The van der Waals surface area contributed by atoms with Crippen LogP contribution in [0, 0.1) is 18.3 Å². The zero-order chi connectivity index (χ0) is 22.0. The average molecular weight is 447 g/mol. The van der Waals surface area contributed by atoms with Crippen LogP contribution in [0.3, 0.4) is 0 Å². The molecular formula is C22H30N4O4S. The predicted octanol–water partition coefficient (Wildman–Crippen LogP) is 2.79. The molecule has 2 aromatic rings. The van der Waals surface area contributed by atoms with Crippen molar-refractivity contribution in [2.45, 2.75) is 53.0 Å². The van der Waals surface area contributed by atoms with E-state index in [1.54, 1.807) is 5.38 Å². The maximum atomic E-state index is 12.9. The summed E-state index contributed by atoms with van der Waals surface area (Å²) in [5.41, 5.74) is 3.05. The molecule has 4 rings (SSSR count). The zero-order valence-corrected chi connectivity index (χ0v) is 19.2. The van der Waals surface area contributed by atoms with E-state index >= 15 is 0 Å². The van der Waals surface area contributed by atoms with Crippen molar-refractivity contribution in [2.24, 2.45) is 11.3 Å². The number of aryl methyl sites for hydroxylation is 2. The molecule has 2 aliphatic rings. The molecular weight excluding hydrogens is 416 g/mol. The Bertz CT molecular complexity index is 961. The van der Waals surface area contributed by atoms with E-state index in [1.165, 1.54) is 11.3 Å². The number of thiazole rings is 1. The number of nitrogens with one attached hydrogen (secondary N) is 1. The molecule has 4 heterocycles. The van der Waals surface area contributed by atoms with Gasteiger partial charge in [-0.1, -0.05) is 6.92 Å². The third-order valence-electron chi connectivity index (χ3n) is 6.25. The molecule has 1 amide bonds. The van der Waals surface area contributed by atoms with Crippen molar-refractivity contribution in [1.82, 2.24) is 20.1 Å². The van der Waals surface area contributed by atoms with E-state index < -0.39 is 5.97 Å². The third kappa shape index (κ3) is 4.67. The summed E-state index contributed by atoms with van der Waals surface area (Å²) in [4.78, 5) is 29.3. The third-order valence-corrected chi connectivity index (χ3v) is 7.02. The Labute approximate surface area is 186 Å². The number of fused-ring (bicyclic) bond motifs is 1. The molecule has 0 aliphatic carbocycles. The van der Waals surface area contributed by atoms with Crippen molar-refractivity contribution in [2.75, 3.05) is 26.4 Å². The van der Waals surface area contributed by atoms with Gasteiger partial charge in [-0.2, -0.15) is 5.10 Å². The van der Waals surface area contributed by atoms with Crippen molar-refractivity contribution in [3.8, 4) is 0 Å². The van der Waals surface area contributed by atoms with Gasteiger partial charge in [-0.05, 0) is 50.9 Å². The highest BCUT2D eigenvalue weighted by molar-refractivity contribution is 7.09. The molecule has 0 radical (unpaired) electrons. The van der Waals surface area contributed by atoms with Crippen LogP contribution in [0.2, 0.25) is 0 Å². The lowest BCUT2D eigenvalue weighted by atomic mass is 9.75. The lowest BCUT2D eigenvalue weighted by Gasteiger charge is -2.36. The monoisotopic (exact) mass is 446 g/mol. The number of esters is 1. The van der Waals surface area contributed by atoms with Gasteiger partial charge in [0.25, 0.3) is 5.91 Å². The highest BCUT2D eigenvalue weighted by Crippen LogP contribution is 2.38. The average Bonchev–Trinajstić information content (AvgIpc) is 3.31. The molecule has 0 aromatic carbocycles. The summed E-state index contributed by atoms with van der Waals surface area (Å²) in [6.45, 7) is 8.95. The van der Waals surface area contributed by atoms with Crippen LogP contribution >= 0.6 is 11.3 Å². The first-order valence-electron chi connectivity index (χ1n) is 10.9. The molecule has 2 aromatic heterocycles. The lowest BCUT2D eigenvalue weighted by Crippen LogP contribution is -2.40.